The van der Waals surface area contributed by atoms with Gasteiger partial charge in [0.1, 0.15) is 5.75 Å². The Balaban J connectivity index is 2.35. The zero-order valence-corrected chi connectivity index (χ0v) is 9.54. The van der Waals surface area contributed by atoms with Crippen LogP contribution < -0.4 is 15.8 Å². The molecule has 16 heavy (non-hydrogen) atoms. The second-order valence-electron chi connectivity index (χ2n) is 4.10. The maximum absolute atomic E-state index is 11.7. The van der Waals surface area contributed by atoms with Gasteiger partial charge in [0.25, 0.3) is 5.91 Å². The lowest BCUT2D eigenvalue weighted by atomic mass is 10.1. The summed E-state index contributed by atoms with van der Waals surface area (Å²) in [6.07, 6.45) is 1.27. The van der Waals surface area contributed by atoms with Crippen molar-refractivity contribution in [2.45, 2.75) is 32.8 Å². The van der Waals surface area contributed by atoms with Crippen LogP contribution in [0.15, 0.2) is 12.1 Å². The van der Waals surface area contributed by atoms with E-state index in [-0.39, 0.29) is 12.0 Å². The summed E-state index contributed by atoms with van der Waals surface area (Å²) in [7, 11) is 0. The number of nitrogens with two attached hydrogens (primary N) is 1. The van der Waals surface area contributed by atoms with E-state index in [2.05, 4.69) is 5.32 Å². The van der Waals surface area contributed by atoms with Crippen LogP contribution in [0, 0.1) is 6.92 Å². The number of benzene rings is 1. The SMILES string of the molecule is CCCC1Oc2c(C)cc(N)cc2NC1=O. The predicted octanol–water partition coefficient (Wildman–Crippen LogP) is 2.08. The van der Waals surface area contributed by atoms with Gasteiger partial charge in [-0.1, -0.05) is 13.3 Å². The summed E-state index contributed by atoms with van der Waals surface area (Å²) in [5, 5.41) is 2.83. The molecule has 1 aromatic rings. The smallest absolute Gasteiger partial charge is 0.265 e. The number of carbonyl (C=O) groups is 1. The lowest BCUT2D eigenvalue weighted by molar-refractivity contribution is -0.123. The molecule has 0 saturated heterocycles. The van der Waals surface area contributed by atoms with Crippen LogP contribution in [0.3, 0.4) is 0 Å². The highest BCUT2D eigenvalue weighted by Crippen LogP contribution is 2.35. The molecule has 86 valence electrons. The van der Waals surface area contributed by atoms with Gasteiger partial charge in [-0.25, -0.2) is 0 Å². The van der Waals surface area contributed by atoms with Crippen LogP contribution in [0.25, 0.3) is 0 Å². The molecule has 0 saturated carbocycles. The van der Waals surface area contributed by atoms with Gasteiger partial charge in [0.15, 0.2) is 6.10 Å². The maximum atomic E-state index is 11.7. The molecule has 0 bridgehead atoms. The first-order valence-corrected chi connectivity index (χ1v) is 5.49. The molecule has 0 spiro atoms. The minimum absolute atomic E-state index is 0.0839. The van der Waals surface area contributed by atoms with Gasteiger partial charge >= 0.3 is 0 Å². The summed E-state index contributed by atoms with van der Waals surface area (Å²) in [6.45, 7) is 3.96. The van der Waals surface area contributed by atoms with E-state index >= 15 is 0 Å². The molecule has 4 heteroatoms. The molecule has 0 radical (unpaired) electrons. The fraction of sp³-hybridized carbons (Fsp3) is 0.417. The molecule has 3 N–H and O–H groups in total. The number of carbonyl (C=O) groups excluding carboxylic acids is 1. The van der Waals surface area contributed by atoms with Gasteiger partial charge in [-0.3, -0.25) is 4.79 Å². The number of aryl methyl sites for hydroxylation is 1. The molecule has 1 aliphatic rings. The Hall–Kier alpha value is -1.71. The molecule has 0 aromatic heterocycles. The van der Waals surface area contributed by atoms with Gasteiger partial charge in [-0.15, -0.1) is 0 Å². The Morgan fingerprint density at radius 1 is 1.50 bits per heavy atom. The summed E-state index contributed by atoms with van der Waals surface area (Å²) in [6, 6.07) is 3.57. The fourth-order valence-corrected chi connectivity index (χ4v) is 1.91. The number of rotatable bonds is 2. The topological polar surface area (TPSA) is 64.3 Å². The minimum Gasteiger partial charge on any atom is -0.478 e. The third-order valence-electron chi connectivity index (χ3n) is 2.66. The van der Waals surface area contributed by atoms with E-state index < -0.39 is 0 Å². The van der Waals surface area contributed by atoms with E-state index in [1.165, 1.54) is 0 Å². The largest absolute Gasteiger partial charge is 0.478 e. The van der Waals surface area contributed by atoms with Crippen LogP contribution in [0.4, 0.5) is 11.4 Å². The van der Waals surface area contributed by atoms with Gasteiger partial charge in [-0.05, 0) is 31.0 Å². The van der Waals surface area contributed by atoms with Gasteiger partial charge in [-0.2, -0.15) is 0 Å². The summed E-state index contributed by atoms with van der Waals surface area (Å²) in [5.41, 5.74) is 7.98. The van der Waals surface area contributed by atoms with Crippen molar-refractivity contribution in [2.75, 3.05) is 11.1 Å². The number of amides is 1. The second kappa shape index (κ2) is 4.04. The van der Waals surface area contributed by atoms with Crippen LogP contribution >= 0.6 is 0 Å². The van der Waals surface area contributed by atoms with Gasteiger partial charge in [0.2, 0.25) is 0 Å². The number of hydrogen-bond acceptors (Lipinski definition) is 3. The first kappa shape index (κ1) is 10.8. The average molecular weight is 220 g/mol. The highest BCUT2D eigenvalue weighted by Gasteiger charge is 2.27. The molecule has 4 nitrogen and oxygen atoms in total. The van der Waals surface area contributed by atoms with E-state index in [4.69, 9.17) is 10.5 Å². The van der Waals surface area contributed by atoms with Crippen LogP contribution in [0.1, 0.15) is 25.3 Å². The molecule has 1 unspecified atom stereocenters. The van der Waals surface area contributed by atoms with E-state index in [1.54, 1.807) is 6.07 Å². The second-order valence-corrected chi connectivity index (χ2v) is 4.10. The van der Waals surface area contributed by atoms with Crippen LogP contribution in [-0.2, 0) is 4.79 Å². The molecule has 1 heterocycles. The highest BCUT2D eigenvalue weighted by molar-refractivity contribution is 5.98. The van der Waals surface area contributed by atoms with Crippen molar-refractivity contribution in [3.63, 3.8) is 0 Å². The Bertz CT molecular complexity index is 429. The molecule has 1 aromatic carbocycles. The number of nitrogen functional groups attached to an aromatic ring is 1. The first-order valence-electron chi connectivity index (χ1n) is 5.49. The maximum Gasteiger partial charge on any atom is 0.265 e. The molecule has 1 aliphatic heterocycles. The van der Waals surface area contributed by atoms with Crippen molar-refractivity contribution in [1.29, 1.82) is 0 Å². The molecular weight excluding hydrogens is 204 g/mol. The summed E-state index contributed by atoms with van der Waals surface area (Å²) in [4.78, 5) is 11.7. The Morgan fingerprint density at radius 3 is 2.94 bits per heavy atom. The highest BCUT2D eigenvalue weighted by atomic mass is 16.5. The van der Waals surface area contributed by atoms with E-state index in [9.17, 15) is 4.79 Å². The van der Waals surface area contributed by atoms with Crippen molar-refractivity contribution in [1.82, 2.24) is 0 Å². The van der Waals surface area contributed by atoms with E-state index in [0.717, 1.165) is 24.2 Å². The fourth-order valence-electron chi connectivity index (χ4n) is 1.91. The van der Waals surface area contributed by atoms with E-state index in [0.29, 0.717) is 11.4 Å². The molecule has 0 fully saturated rings. The number of ether oxygens (including phenoxy) is 1. The van der Waals surface area contributed by atoms with E-state index in [1.807, 2.05) is 19.9 Å². The lowest BCUT2D eigenvalue weighted by Crippen LogP contribution is -2.37. The number of fused-ring (bicyclic) bond motifs is 1. The van der Waals surface area contributed by atoms with Crippen LogP contribution in [-0.4, -0.2) is 12.0 Å². The summed E-state index contributed by atoms with van der Waals surface area (Å²) in [5.74, 6) is 0.659. The Kier molecular flexibility index (Phi) is 2.73. The number of anilines is 2. The predicted molar refractivity (Wildman–Crippen MR) is 63.5 cm³/mol. The molecule has 1 amide bonds. The average Bonchev–Trinajstić information content (AvgIpc) is 2.20. The summed E-state index contributed by atoms with van der Waals surface area (Å²) < 4.78 is 5.70. The minimum atomic E-state index is -0.375. The standard InChI is InChI=1S/C12H16N2O2/c1-3-4-10-12(15)14-9-6-8(13)5-7(2)11(9)16-10/h5-6,10H,3-4,13H2,1-2H3,(H,14,15). The van der Waals surface area contributed by atoms with Crippen molar-refractivity contribution >= 4 is 17.3 Å². The summed E-state index contributed by atoms with van der Waals surface area (Å²) >= 11 is 0. The normalized spacial score (nSPS) is 18.6. The molecule has 1 atom stereocenters. The zero-order valence-electron chi connectivity index (χ0n) is 9.54. The first-order chi connectivity index (χ1) is 7.61. The molecule has 2 rings (SSSR count). The molecule has 0 aliphatic carbocycles. The van der Waals surface area contributed by atoms with Crippen LogP contribution in [0.2, 0.25) is 0 Å². The van der Waals surface area contributed by atoms with Gasteiger partial charge in [0, 0.05) is 5.69 Å². The number of nitrogens with one attached hydrogen (secondary N) is 1. The molecular formula is C12H16N2O2. The monoisotopic (exact) mass is 220 g/mol. The third kappa shape index (κ3) is 1.83. The van der Waals surface area contributed by atoms with Crippen molar-refractivity contribution in [3.8, 4) is 5.75 Å². The van der Waals surface area contributed by atoms with Crippen molar-refractivity contribution < 1.29 is 9.53 Å². The zero-order chi connectivity index (χ0) is 11.7. The number of hydrogen-bond donors (Lipinski definition) is 2. The Labute approximate surface area is 94.8 Å². The lowest BCUT2D eigenvalue weighted by Gasteiger charge is -2.27. The Morgan fingerprint density at radius 2 is 2.25 bits per heavy atom. The third-order valence-corrected chi connectivity index (χ3v) is 2.66. The van der Waals surface area contributed by atoms with Crippen molar-refractivity contribution in [3.05, 3.63) is 17.7 Å². The van der Waals surface area contributed by atoms with Gasteiger partial charge < -0.3 is 15.8 Å². The van der Waals surface area contributed by atoms with Crippen molar-refractivity contribution in [2.24, 2.45) is 0 Å². The quantitative estimate of drug-likeness (QED) is 0.750. The van der Waals surface area contributed by atoms with Gasteiger partial charge in [0.05, 0.1) is 5.69 Å². The van der Waals surface area contributed by atoms with Crippen LogP contribution in [0.5, 0.6) is 5.75 Å².